The Morgan fingerprint density at radius 2 is 2.22 bits per heavy atom. The van der Waals surface area contributed by atoms with E-state index in [2.05, 4.69) is 21.0 Å². The Labute approximate surface area is 119 Å². The lowest BCUT2D eigenvalue weighted by Gasteiger charge is -2.06. The van der Waals surface area contributed by atoms with Gasteiger partial charge < -0.3 is 0 Å². The lowest BCUT2D eigenvalue weighted by molar-refractivity contribution is 0.102. The number of benzene rings is 1. The van der Waals surface area contributed by atoms with Crippen molar-refractivity contribution in [1.29, 1.82) is 0 Å². The fraction of sp³-hybridized carbons (Fsp3) is 0.231. The molecule has 0 aliphatic rings. The van der Waals surface area contributed by atoms with Crippen molar-refractivity contribution in [3.8, 4) is 0 Å². The van der Waals surface area contributed by atoms with Crippen molar-refractivity contribution >= 4 is 33.3 Å². The van der Waals surface area contributed by atoms with Gasteiger partial charge in [0.1, 0.15) is 5.69 Å². The van der Waals surface area contributed by atoms with Crippen molar-refractivity contribution in [3.05, 3.63) is 50.7 Å². The van der Waals surface area contributed by atoms with Crippen LogP contribution in [0.5, 0.6) is 0 Å². The number of carbonyl (C=O) groups excluding carboxylic acids is 1. The molecule has 1 aromatic carbocycles. The first-order valence-electron chi connectivity index (χ1n) is 5.56. The van der Waals surface area contributed by atoms with Gasteiger partial charge in [-0.1, -0.05) is 23.7 Å². The molecule has 0 fully saturated rings. The van der Waals surface area contributed by atoms with Crippen molar-refractivity contribution in [1.82, 2.24) is 9.78 Å². The average Bonchev–Trinajstić information content (AvgIpc) is 2.73. The second kappa shape index (κ2) is 5.24. The Bertz CT molecular complexity index is 607. The molecule has 0 radical (unpaired) electrons. The van der Waals surface area contributed by atoms with Crippen molar-refractivity contribution in [3.63, 3.8) is 0 Å². The Kier molecular flexibility index (Phi) is 3.88. The molecule has 2 aromatic rings. The predicted octanol–water partition coefficient (Wildman–Crippen LogP) is 3.86. The SMILES string of the molecule is CCn1ncc(Br)c1C(=O)c1ccc(C)c(Cl)c1. The van der Waals surface area contributed by atoms with E-state index < -0.39 is 0 Å². The van der Waals surface area contributed by atoms with E-state index in [-0.39, 0.29) is 5.78 Å². The van der Waals surface area contributed by atoms with E-state index in [0.717, 1.165) is 5.56 Å². The topological polar surface area (TPSA) is 34.9 Å². The summed E-state index contributed by atoms with van der Waals surface area (Å²) in [5, 5.41) is 4.73. The molecule has 1 heterocycles. The largest absolute Gasteiger partial charge is 0.287 e. The van der Waals surface area contributed by atoms with Gasteiger partial charge in [-0.05, 0) is 41.4 Å². The normalized spacial score (nSPS) is 10.7. The minimum atomic E-state index is -0.0804. The Morgan fingerprint density at radius 3 is 2.83 bits per heavy atom. The van der Waals surface area contributed by atoms with Crippen LogP contribution in [-0.2, 0) is 6.54 Å². The van der Waals surface area contributed by atoms with Crippen LogP contribution in [0, 0.1) is 6.92 Å². The van der Waals surface area contributed by atoms with Crippen molar-refractivity contribution < 1.29 is 4.79 Å². The van der Waals surface area contributed by atoms with Crippen LogP contribution in [0.25, 0.3) is 0 Å². The molecule has 0 unspecified atom stereocenters. The molecule has 0 N–H and O–H groups in total. The van der Waals surface area contributed by atoms with E-state index in [0.29, 0.717) is 27.3 Å². The summed E-state index contributed by atoms with van der Waals surface area (Å²) in [5.74, 6) is -0.0804. The number of ketones is 1. The minimum Gasteiger partial charge on any atom is -0.287 e. The van der Waals surface area contributed by atoms with E-state index in [1.165, 1.54) is 0 Å². The molecule has 0 aliphatic carbocycles. The molecule has 1 aromatic heterocycles. The molecule has 0 atom stereocenters. The zero-order valence-electron chi connectivity index (χ0n) is 10.1. The lowest BCUT2D eigenvalue weighted by Crippen LogP contribution is -2.11. The Balaban J connectivity index is 2.47. The predicted molar refractivity (Wildman–Crippen MR) is 75.2 cm³/mol. The summed E-state index contributed by atoms with van der Waals surface area (Å²) in [6.07, 6.45) is 1.63. The summed E-state index contributed by atoms with van der Waals surface area (Å²) in [6.45, 7) is 4.49. The molecule has 0 aliphatic heterocycles. The highest BCUT2D eigenvalue weighted by atomic mass is 79.9. The van der Waals surface area contributed by atoms with Gasteiger partial charge in [-0.2, -0.15) is 5.10 Å². The lowest BCUT2D eigenvalue weighted by atomic mass is 10.1. The van der Waals surface area contributed by atoms with Crippen molar-refractivity contribution in [2.75, 3.05) is 0 Å². The summed E-state index contributed by atoms with van der Waals surface area (Å²) >= 11 is 9.40. The third-order valence-corrected chi connectivity index (χ3v) is 3.73. The third kappa shape index (κ3) is 2.35. The number of carbonyl (C=O) groups is 1. The van der Waals surface area contributed by atoms with Gasteiger partial charge in [0.25, 0.3) is 0 Å². The number of hydrogen-bond donors (Lipinski definition) is 0. The smallest absolute Gasteiger partial charge is 0.212 e. The highest BCUT2D eigenvalue weighted by Gasteiger charge is 2.18. The first-order chi connectivity index (χ1) is 8.54. The molecule has 0 spiro atoms. The summed E-state index contributed by atoms with van der Waals surface area (Å²) in [6, 6.07) is 5.32. The van der Waals surface area contributed by atoms with Crippen LogP contribution in [0.3, 0.4) is 0 Å². The monoisotopic (exact) mass is 326 g/mol. The van der Waals surface area contributed by atoms with E-state index >= 15 is 0 Å². The molecule has 2 rings (SSSR count). The zero-order chi connectivity index (χ0) is 13.3. The highest BCUT2D eigenvalue weighted by molar-refractivity contribution is 9.10. The van der Waals surface area contributed by atoms with Gasteiger partial charge in [0.2, 0.25) is 5.78 Å². The maximum absolute atomic E-state index is 12.4. The van der Waals surface area contributed by atoms with Gasteiger partial charge in [0.05, 0.1) is 10.7 Å². The number of nitrogens with zero attached hydrogens (tertiary/aromatic N) is 2. The van der Waals surface area contributed by atoms with Gasteiger partial charge in [-0.3, -0.25) is 9.48 Å². The summed E-state index contributed by atoms with van der Waals surface area (Å²) in [4.78, 5) is 12.4. The van der Waals surface area contributed by atoms with Crippen LogP contribution in [0.15, 0.2) is 28.9 Å². The number of rotatable bonds is 3. The van der Waals surface area contributed by atoms with Crippen LogP contribution in [0.1, 0.15) is 28.5 Å². The van der Waals surface area contributed by atoms with Crippen LogP contribution >= 0.6 is 27.5 Å². The first kappa shape index (κ1) is 13.3. The number of hydrogen-bond acceptors (Lipinski definition) is 2. The van der Waals surface area contributed by atoms with Crippen molar-refractivity contribution in [2.24, 2.45) is 0 Å². The van der Waals surface area contributed by atoms with Crippen LogP contribution < -0.4 is 0 Å². The summed E-state index contributed by atoms with van der Waals surface area (Å²) in [5.41, 5.74) is 2.08. The average molecular weight is 328 g/mol. The molecular weight excluding hydrogens is 316 g/mol. The summed E-state index contributed by atoms with van der Waals surface area (Å²) < 4.78 is 2.37. The third-order valence-electron chi connectivity index (χ3n) is 2.74. The molecule has 3 nitrogen and oxygen atoms in total. The van der Waals surface area contributed by atoms with Crippen LogP contribution in [0.4, 0.5) is 0 Å². The van der Waals surface area contributed by atoms with Gasteiger partial charge in [-0.15, -0.1) is 0 Å². The Hall–Kier alpha value is -1.13. The fourth-order valence-corrected chi connectivity index (χ4v) is 2.36. The van der Waals surface area contributed by atoms with E-state index in [1.807, 2.05) is 19.9 Å². The number of aromatic nitrogens is 2. The Morgan fingerprint density at radius 1 is 1.50 bits per heavy atom. The maximum atomic E-state index is 12.4. The second-order valence-corrected chi connectivity index (χ2v) is 5.21. The van der Waals surface area contributed by atoms with E-state index in [9.17, 15) is 4.79 Å². The van der Waals surface area contributed by atoms with Gasteiger partial charge in [-0.25, -0.2) is 0 Å². The molecule has 0 bridgehead atoms. The zero-order valence-corrected chi connectivity index (χ0v) is 12.4. The quantitative estimate of drug-likeness (QED) is 0.802. The second-order valence-electron chi connectivity index (χ2n) is 3.95. The summed E-state index contributed by atoms with van der Waals surface area (Å²) in [7, 11) is 0. The number of aryl methyl sites for hydroxylation is 2. The molecule has 0 amide bonds. The van der Waals surface area contributed by atoms with Crippen LogP contribution in [0.2, 0.25) is 5.02 Å². The first-order valence-corrected chi connectivity index (χ1v) is 6.73. The van der Waals surface area contributed by atoms with Crippen molar-refractivity contribution in [2.45, 2.75) is 20.4 Å². The molecule has 5 heteroatoms. The fourth-order valence-electron chi connectivity index (χ4n) is 1.70. The minimum absolute atomic E-state index is 0.0804. The molecule has 0 saturated carbocycles. The molecule has 94 valence electrons. The van der Waals surface area contributed by atoms with Gasteiger partial charge in [0.15, 0.2) is 0 Å². The molecule has 18 heavy (non-hydrogen) atoms. The number of halogens is 2. The van der Waals surface area contributed by atoms with Crippen LogP contribution in [-0.4, -0.2) is 15.6 Å². The highest BCUT2D eigenvalue weighted by Crippen LogP contribution is 2.23. The van der Waals surface area contributed by atoms with E-state index in [4.69, 9.17) is 11.6 Å². The maximum Gasteiger partial charge on any atom is 0.212 e. The molecular formula is C13H12BrClN2O. The molecule has 0 saturated heterocycles. The standard InChI is InChI=1S/C13H12BrClN2O/c1-3-17-12(10(14)7-16-17)13(18)9-5-4-8(2)11(15)6-9/h4-7H,3H2,1-2H3. The van der Waals surface area contributed by atoms with Gasteiger partial charge >= 0.3 is 0 Å². The van der Waals surface area contributed by atoms with E-state index in [1.54, 1.807) is 23.0 Å². The van der Waals surface area contributed by atoms with Gasteiger partial charge in [0, 0.05) is 17.1 Å².